The smallest absolute Gasteiger partial charge is 0.254 e. The molecule has 2 aromatic rings. The molecule has 0 spiro atoms. The largest absolute Gasteiger partial charge is 0.368 e. The molecule has 2 fully saturated rings. The molecule has 6 nitrogen and oxygen atoms in total. The molecule has 0 radical (unpaired) electrons. The third kappa shape index (κ3) is 3.37. The van der Waals surface area contributed by atoms with E-state index in [0.717, 1.165) is 37.9 Å². The van der Waals surface area contributed by atoms with Gasteiger partial charge in [-0.1, -0.05) is 6.07 Å². The van der Waals surface area contributed by atoms with E-state index in [9.17, 15) is 9.59 Å². The van der Waals surface area contributed by atoms with Crippen molar-refractivity contribution in [3.63, 3.8) is 0 Å². The molecule has 2 saturated heterocycles. The number of carbonyl (C=O) groups is 2. The summed E-state index contributed by atoms with van der Waals surface area (Å²) >= 11 is 0. The predicted molar refractivity (Wildman–Crippen MR) is 97.8 cm³/mol. The minimum atomic E-state index is -0.384. The molecule has 26 heavy (non-hydrogen) atoms. The van der Waals surface area contributed by atoms with Crippen molar-refractivity contribution in [3.8, 4) is 0 Å². The fourth-order valence-corrected chi connectivity index (χ4v) is 3.79. The maximum absolute atomic E-state index is 13.0. The Balaban J connectivity index is 1.48. The van der Waals surface area contributed by atoms with E-state index < -0.39 is 0 Å². The van der Waals surface area contributed by atoms with Crippen LogP contribution in [0, 0.1) is 0 Å². The van der Waals surface area contributed by atoms with Gasteiger partial charge in [0.15, 0.2) is 0 Å². The second-order valence-corrected chi connectivity index (χ2v) is 6.85. The third-order valence-corrected chi connectivity index (χ3v) is 5.09. The van der Waals surface area contributed by atoms with Crippen molar-refractivity contribution in [1.82, 2.24) is 9.88 Å². The molecule has 2 aliphatic heterocycles. The first-order chi connectivity index (χ1) is 12.7. The van der Waals surface area contributed by atoms with E-state index in [1.807, 2.05) is 23.2 Å². The van der Waals surface area contributed by atoms with E-state index in [4.69, 9.17) is 4.74 Å². The fraction of sp³-hybridized carbons (Fsp3) is 0.400. The maximum Gasteiger partial charge on any atom is 0.254 e. The average Bonchev–Trinajstić information content (AvgIpc) is 3.43. The molecule has 2 amide bonds. The molecule has 1 aromatic heterocycles. The van der Waals surface area contributed by atoms with Crippen molar-refractivity contribution < 1.29 is 14.3 Å². The Labute approximate surface area is 152 Å². The first-order valence-electron chi connectivity index (χ1n) is 9.19. The summed E-state index contributed by atoms with van der Waals surface area (Å²) in [5, 5.41) is 2.87. The quantitative estimate of drug-likeness (QED) is 0.887. The highest BCUT2D eigenvalue weighted by molar-refractivity contribution is 5.98. The summed E-state index contributed by atoms with van der Waals surface area (Å²) in [6, 6.07) is 11.2. The number of rotatable bonds is 4. The number of likely N-dealkylation sites (tertiary alicyclic amines) is 1. The van der Waals surface area contributed by atoms with Crippen LogP contribution in [0.1, 0.15) is 47.8 Å². The monoisotopic (exact) mass is 353 g/mol. The molecular formula is C20H23N3O3. The van der Waals surface area contributed by atoms with Crippen molar-refractivity contribution in [2.45, 2.75) is 37.8 Å². The van der Waals surface area contributed by atoms with Gasteiger partial charge in [0.25, 0.3) is 11.8 Å². The summed E-state index contributed by atoms with van der Waals surface area (Å²) < 4.78 is 5.41. The van der Waals surface area contributed by atoms with E-state index >= 15 is 0 Å². The number of amides is 2. The molecule has 2 aliphatic rings. The molecule has 2 atom stereocenters. The van der Waals surface area contributed by atoms with Crippen LogP contribution in [0.25, 0.3) is 0 Å². The zero-order valence-electron chi connectivity index (χ0n) is 14.6. The normalized spacial score (nSPS) is 22.5. The van der Waals surface area contributed by atoms with Crippen LogP contribution in [-0.4, -0.2) is 41.0 Å². The van der Waals surface area contributed by atoms with E-state index in [-0.39, 0.29) is 24.0 Å². The van der Waals surface area contributed by atoms with Crippen LogP contribution < -0.4 is 5.32 Å². The number of hydrogen-bond acceptors (Lipinski definition) is 3. The summed E-state index contributed by atoms with van der Waals surface area (Å²) in [4.78, 5) is 30.4. The second-order valence-electron chi connectivity index (χ2n) is 6.85. The number of anilines is 1. The van der Waals surface area contributed by atoms with Crippen LogP contribution >= 0.6 is 0 Å². The van der Waals surface area contributed by atoms with Crippen LogP contribution in [-0.2, 0) is 9.53 Å². The predicted octanol–water partition coefficient (Wildman–Crippen LogP) is 3.11. The van der Waals surface area contributed by atoms with Crippen molar-refractivity contribution in [2.75, 3.05) is 18.5 Å². The summed E-state index contributed by atoms with van der Waals surface area (Å²) in [6.45, 7) is 1.38. The van der Waals surface area contributed by atoms with E-state index in [2.05, 4.69) is 10.3 Å². The number of H-pyrrole nitrogens is 1. The number of nitrogens with zero attached hydrogens (tertiary/aromatic N) is 1. The lowest BCUT2D eigenvalue weighted by Gasteiger charge is -2.24. The lowest BCUT2D eigenvalue weighted by molar-refractivity contribution is -0.124. The SMILES string of the molecule is O=C(Nc1cccc(C(=O)N2CCC[C@H]2c2ccc[nH]2)c1)[C@@H]1CCCO1. The zero-order chi connectivity index (χ0) is 17.9. The first kappa shape index (κ1) is 16.8. The summed E-state index contributed by atoms with van der Waals surface area (Å²) in [7, 11) is 0. The zero-order valence-corrected chi connectivity index (χ0v) is 14.6. The van der Waals surface area contributed by atoms with Gasteiger partial charge in [0, 0.05) is 36.3 Å². The highest BCUT2D eigenvalue weighted by Gasteiger charge is 2.31. The van der Waals surface area contributed by atoms with Gasteiger partial charge in [-0.05, 0) is 56.0 Å². The highest BCUT2D eigenvalue weighted by atomic mass is 16.5. The van der Waals surface area contributed by atoms with Gasteiger partial charge in [0.05, 0.1) is 6.04 Å². The van der Waals surface area contributed by atoms with Gasteiger partial charge in [-0.3, -0.25) is 9.59 Å². The Morgan fingerprint density at radius 3 is 2.85 bits per heavy atom. The van der Waals surface area contributed by atoms with Crippen LogP contribution in [0.5, 0.6) is 0 Å². The number of carbonyl (C=O) groups excluding carboxylic acids is 2. The first-order valence-corrected chi connectivity index (χ1v) is 9.19. The molecule has 0 bridgehead atoms. The van der Waals surface area contributed by atoms with Gasteiger partial charge in [-0.25, -0.2) is 0 Å². The molecule has 0 unspecified atom stereocenters. The molecule has 0 saturated carbocycles. The molecule has 3 heterocycles. The number of ether oxygens (including phenoxy) is 1. The molecule has 0 aliphatic carbocycles. The Hall–Kier alpha value is -2.60. The topological polar surface area (TPSA) is 74.4 Å². The van der Waals surface area contributed by atoms with Crippen molar-refractivity contribution in [2.24, 2.45) is 0 Å². The van der Waals surface area contributed by atoms with Crippen molar-refractivity contribution in [1.29, 1.82) is 0 Å². The van der Waals surface area contributed by atoms with E-state index in [0.29, 0.717) is 17.9 Å². The summed E-state index contributed by atoms with van der Waals surface area (Å²) in [5.74, 6) is -0.146. The summed E-state index contributed by atoms with van der Waals surface area (Å²) in [6.07, 6.45) is 5.11. The average molecular weight is 353 g/mol. The Morgan fingerprint density at radius 1 is 1.15 bits per heavy atom. The Morgan fingerprint density at radius 2 is 2.08 bits per heavy atom. The number of benzene rings is 1. The van der Waals surface area contributed by atoms with Gasteiger partial charge in [0.1, 0.15) is 6.10 Å². The van der Waals surface area contributed by atoms with E-state index in [1.54, 1.807) is 24.3 Å². The highest BCUT2D eigenvalue weighted by Crippen LogP contribution is 2.32. The van der Waals surface area contributed by atoms with Crippen LogP contribution in [0.2, 0.25) is 0 Å². The van der Waals surface area contributed by atoms with Crippen LogP contribution in [0.4, 0.5) is 5.69 Å². The van der Waals surface area contributed by atoms with Crippen molar-refractivity contribution >= 4 is 17.5 Å². The molecule has 6 heteroatoms. The second kappa shape index (κ2) is 7.33. The minimum Gasteiger partial charge on any atom is -0.368 e. The fourth-order valence-electron chi connectivity index (χ4n) is 3.79. The lowest BCUT2D eigenvalue weighted by Crippen LogP contribution is -2.31. The van der Waals surface area contributed by atoms with Gasteiger partial charge in [-0.15, -0.1) is 0 Å². The minimum absolute atomic E-state index is 0.00434. The molecule has 4 rings (SSSR count). The van der Waals surface area contributed by atoms with Gasteiger partial charge >= 0.3 is 0 Å². The molecule has 2 N–H and O–H groups in total. The van der Waals surface area contributed by atoms with Gasteiger partial charge < -0.3 is 19.9 Å². The Kier molecular flexibility index (Phi) is 4.75. The van der Waals surface area contributed by atoms with Gasteiger partial charge in [-0.2, -0.15) is 0 Å². The molecular weight excluding hydrogens is 330 g/mol. The summed E-state index contributed by atoms with van der Waals surface area (Å²) in [5.41, 5.74) is 2.29. The number of aromatic nitrogens is 1. The lowest BCUT2D eigenvalue weighted by atomic mass is 10.1. The molecule has 136 valence electrons. The van der Waals surface area contributed by atoms with Gasteiger partial charge in [0.2, 0.25) is 0 Å². The van der Waals surface area contributed by atoms with Crippen LogP contribution in [0.15, 0.2) is 42.6 Å². The molecule has 1 aromatic carbocycles. The van der Waals surface area contributed by atoms with Crippen LogP contribution in [0.3, 0.4) is 0 Å². The third-order valence-electron chi connectivity index (χ3n) is 5.09. The number of hydrogen-bond donors (Lipinski definition) is 2. The van der Waals surface area contributed by atoms with Crippen molar-refractivity contribution in [3.05, 3.63) is 53.9 Å². The number of aromatic amines is 1. The number of nitrogens with one attached hydrogen (secondary N) is 2. The standard InChI is InChI=1S/C20H23N3O3/c24-19(18-9-4-12-26-18)22-15-6-1-5-14(13-15)20(25)23-11-3-8-17(23)16-7-2-10-21-16/h1-2,5-7,10,13,17-18,21H,3-4,8-9,11-12H2,(H,22,24)/t17-,18-/m0/s1. The maximum atomic E-state index is 13.0. The van der Waals surface area contributed by atoms with E-state index in [1.165, 1.54) is 0 Å². The Bertz CT molecular complexity index is 781.